The van der Waals surface area contributed by atoms with Crippen LogP contribution in [0.2, 0.25) is 0 Å². The SMILES string of the molecule is O=C(Cc1n[nH]c(=O)c2ccccc12)Nc1ccccc1-c1ccccc1. The lowest BCUT2D eigenvalue weighted by Gasteiger charge is -2.11. The molecule has 27 heavy (non-hydrogen) atoms. The van der Waals surface area contributed by atoms with Gasteiger partial charge in [0, 0.05) is 16.6 Å². The third-order valence-corrected chi connectivity index (χ3v) is 4.39. The number of benzene rings is 3. The van der Waals surface area contributed by atoms with Crippen molar-refractivity contribution in [1.82, 2.24) is 10.2 Å². The van der Waals surface area contributed by atoms with E-state index in [1.807, 2.05) is 60.7 Å². The molecule has 3 aromatic carbocycles. The van der Waals surface area contributed by atoms with E-state index in [1.165, 1.54) is 0 Å². The standard InChI is InChI=1S/C22H17N3O2/c26-21(14-20-17-11-4-5-12-18(17)22(27)25-24-20)23-19-13-7-6-10-16(19)15-8-2-1-3-9-15/h1-13H,14H2,(H,23,26)(H,25,27). The topological polar surface area (TPSA) is 74.8 Å². The monoisotopic (exact) mass is 355 g/mol. The molecule has 5 nitrogen and oxygen atoms in total. The van der Waals surface area contributed by atoms with Crippen LogP contribution < -0.4 is 10.9 Å². The summed E-state index contributed by atoms with van der Waals surface area (Å²) in [5.74, 6) is -0.192. The first-order valence-corrected chi connectivity index (χ1v) is 8.63. The third kappa shape index (κ3) is 3.48. The van der Waals surface area contributed by atoms with Gasteiger partial charge in [-0.05, 0) is 17.7 Å². The number of hydrogen-bond acceptors (Lipinski definition) is 3. The first-order chi connectivity index (χ1) is 13.2. The normalized spacial score (nSPS) is 10.7. The van der Waals surface area contributed by atoms with E-state index < -0.39 is 0 Å². The predicted molar refractivity (Wildman–Crippen MR) is 107 cm³/mol. The molecule has 0 spiro atoms. The Morgan fingerprint density at radius 2 is 1.52 bits per heavy atom. The van der Waals surface area contributed by atoms with E-state index in [2.05, 4.69) is 15.5 Å². The van der Waals surface area contributed by atoms with Crippen LogP contribution in [0, 0.1) is 0 Å². The molecule has 5 heteroatoms. The van der Waals surface area contributed by atoms with Crippen molar-refractivity contribution in [2.45, 2.75) is 6.42 Å². The Hall–Kier alpha value is -3.73. The van der Waals surface area contributed by atoms with Crippen molar-refractivity contribution in [3.05, 3.63) is 94.9 Å². The van der Waals surface area contributed by atoms with Crippen LogP contribution >= 0.6 is 0 Å². The van der Waals surface area contributed by atoms with E-state index in [0.717, 1.165) is 16.8 Å². The van der Waals surface area contributed by atoms with Crippen LogP contribution in [-0.2, 0) is 11.2 Å². The van der Waals surface area contributed by atoms with Gasteiger partial charge in [-0.3, -0.25) is 9.59 Å². The van der Waals surface area contributed by atoms with E-state index in [-0.39, 0.29) is 17.9 Å². The first-order valence-electron chi connectivity index (χ1n) is 8.63. The van der Waals surface area contributed by atoms with Crippen molar-refractivity contribution in [3.8, 4) is 11.1 Å². The molecule has 4 rings (SSSR count). The Labute approximate surface area is 155 Å². The second kappa shape index (κ2) is 7.25. The number of hydrogen-bond donors (Lipinski definition) is 2. The molecule has 0 aliphatic heterocycles. The van der Waals surface area contributed by atoms with Crippen molar-refractivity contribution in [3.63, 3.8) is 0 Å². The largest absolute Gasteiger partial charge is 0.325 e. The lowest BCUT2D eigenvalue weighted by molar-refractivity contribution is -0.115. The van der Waals surface area contributed by atoms with E-state index in [4.69, 9.17) is 0 Å². The molecule has 0 aliphatic rings. The predicted octanol–water partition coefficient (Wildman–Crippen LogP) is 3.77. The van der Waals surface area contributed by atoms with Crippen molar-refractivity contribution in [2.24, 2.45) is 0 Å². The number of para-hydroxylation sites is 1. The lowest BCUT2D eigenvalue weighted by atomic mass is 10.0. The number of fused-ring (bicyclic) bond motifs is 1. The van der Waals surface area contributed by atoms with Crippen molar-refractivity contribution in [2.75, 3.05) is 5.32 Å². The summed E-state index contributed by atoms with van der Waals surface area (Å²) in [6.07, 6.45) is 0.0699. The number of H-pyrrole nitrogens is 1. The number of nitrogens with zero attached hydrogens (tertiary/aromatic N) is 1. The number of amides is 1. The van der Waals surface area contributed by atoms with Gasteiger partial charge in [0.05, 0.1) is 17.5 Å². The zero-order chi connectivity index (χ0) is 18.6. The number of carbonyl (C=O) groups excluding carboxylic acids is 1. The van der Waals surface area contributed by atoms with Crippen LogP contribution in [-0.4, -0.2) is 16.1 Å². The second-order valence-electron chi connectivity index (χ2n) is 6.18. The van der Waals surface area contributed by atoms with Crippen LogP contribution in [0.15, 0.2) is 83.7 Å². The Balaban J connectivity index is 1.62. The minimum Gasteiger partial charge on any atom is -0.325 e. The molecule has 1 aromatic heterocycles. The Kier molecular flexibility index (Phi) is 4.49. The molecule has 2 N–H and O–H groups in total. The van der Waals surface area contributed by atoms with Gasteiger partial charge in [0.25, 0.3) is 5.56 Å². The number of nitrogens with one attached hydrogen (secondary N) is 2. The fraction of sp³-hybridized carbons (Fsp3) is 0.0455. The van der Waals surface area contributed by atoms with Gasteiger partial charge >= 0.3 is 0 Å². The number of aromatic nitrogens is 2. The highest BCUT2D eigenvalue weighted by Gasteiger charge is 2.12. The summed E-state index contributed by atoms with van der Waals surface area (Å²) in [5.41, 5.74) is 3.00. The highest BCUT2D eigenvalue weighted by molar-refractivity contribution is 5.98. The average Bonchev–Trinajstić information content (AvgIpc) is 2.71. The van der Waals surface area contributed by atoms with E-state index in [1.54, 1.807) is 18.2 Å². The maximum Gasteiger partial charge on any atom is 0.272 e. The molecule has 0 unspecified atom stereocenters. The molecular formula is C22H17N3O2. The van der Waals surface area contributed by atoms with Crippen molar-refractivity contribution in [1.29, 1.82) is 0 Å². The summed E-state index contributed by atoms with van der Waals surface area (Å²) >= 11 is 0. The zero-order valence-corrected chi connectivity index (χ0v) is 14.5. The maximum atomic E-state index is 12.7. The summed E-state index contributed by atoms with van der Waals surface area (Å²) in [4.78, 5) is 24.5. The van der Waals surface area contributed by atoms with E-state index in [0.29, 0.717) is 16.5 Å². The van der Waals surface area contributed by atoms with Crippen LogP contribution in [0.25, 0.3) is 21.9 Å². The minimum absolute atomic E-state index is 0.0699. The number of anilines is 1. The molecule has 0 saturated heterocycles. The summed E-state index contributed by atoms with van der Waals surface area (Å²) in [7, 11) is 0. The molecule has 0 fully saturated rings. The van der Waals surface area contributed by atoms with Gasteiger partial charge in [-0.2, -0.15) is 5.10 Å². The Bertz CT molecular complexity index is 1170. The lowest BCUT2D eigenvalue weighted by Crippen LogP contribution is -2.18. The molecule has 4 aromatic rings. The fourth-order valence-corrected chi connectivity index (χ4v) is 3.11. The van der Waals surface area contributed by atoms with Gasteiger partial charge in [-0.1, -0.05) is 66.7 Å². The summed E-state index contributed by atoms with van der Waals surface area (Å²) in [6.45, 7) is 0. The summed E-state index contributed by atoms with van der Waals surface area (Å²) < 4.78 is 0. The molecule has 132 valence electrons. The molecule has 0 aliphatic carbocycles. The smallest absolute Gasteiger partial charge is 0.272 e. The molecule has 1 heterocycles. The molecule has 1 amide bonds. The summed E-state index contributed by atoms with van der Waals surface area (Å²) in [5, 5.41) is 10.7. The Morgan fingerprint density at radius 1 is 0.852 bits per heavy atom. The molecular weight excluding hydrogens is 338 g/mol. The minimum atomic E-state index is -0.260. The van der Waals surface area contributed by atoms with Crippen molar-refractivity contribution < 1.29 is 4.79 Å². The zero-order valence-electron chi connectivity index (χ0n) is 14.5. The molecule has 0 atom stereocenters. The molecule has 0 saturated carbocycles. The van der Waals surface area contributed by atoms with Gasteiger partial charge in [0.15, 0.2) is 0 Å². The van der Waals surface area contributed by atoms with Crippen LogP contribution in [0.4, 0.5) is 5.69 Å². The number of rotatable bonds is 4. The molecule has 0 bridgehead atoms. The number of aromatic amines is 1. The van der Waals surface area contributed by atoms with Gasteiger partial charge in [0.2, 0.25) is 5.91 Å². The highest BCUT2D eigenvalue weighted by Crippen LogP contribution is 2.27. The van der Waals surface area contributed by atoms with Crippen LogP contribution in [0.1, 0.15) is 5.69 Å². The Morgan fingerprint density at radius 3 is 2.33 bits per heavy atom. The van der Waals surface area contributed by atoms with Crippen LogP contribution in [0.5, 0.6) is 0 Å². The maximum absolute atomic E-state index is 12.7. The summed E-state index contributed by atoms with van der Waals surface area (Å²) in [6, 6.07) is 24.7. The van der Waals surface area contributed by atoms with Gasteiger partial charge in [-0.25, -0.2) is 5.10 Å². The average molecular weight is 355 g/mol. The van der Waals surface area contributed by atoms with Crippen molar-refractivity contribution >= 4 is 22.4 Å². The van der Waals surface area contributed by atoms with Crippen LogP contribution in [0.3, 0.4) is 0 Å². The van der Waals surface area contributed by atoms with Gasteiger partial charge in [0.1, 0.15) is 0 Å². The fourth-order valence-electron chi connectivity index (χ4n) is 3.11. The van der Waals surface area contributed by atoms with Gasteiger partial charge < -0.3 is 5.32 Å². The molecule has 0 radical (unpaired) electrons. The van der Waals surface area contributed by atoms with E-state index in [9.17, 15) is 9.59 Å². The highest BCUT2D eigenvalue weighted by atomic mass is 16.1. The number of carbonyl (C=O) groups is 1. The third-order valence-electron chi connectivity index (χ3n) is 4.39. The first kappa shape index (κ1) is 16.7. The quantitative estimate of drug-likeness (QED) is 0.585. The van der Waals surface area contributed by atoms with E-state index >= 15 is 0 Å². The second-order valence-corrected chi connectivity index (χ2v) is 6.18. The van der Waals surface area contributed by atoms with Gasteiger partial charge in [-0.15, -0.1) is 0 Å².